The highest BCUT2D eigenvalue weighted by atomic mass is 15.1. The lowest BCUT2D eigenvalue weighted by molar-refractivity contribution is 0.151. The molecule has 0 aromatic carbocycles. The van der Waals surface area contributed by atoms with Crippen LogP contribution in [0.3, 0.4) is 0 Å². The van der Waals surface area contributed by atoms with Crippen LogP contribution in [-0.4, -0.2) is 55.6 Å². The van der Waals surface area contributed by atoms with E-state index in [-0.39, 0.29) is 5.54 Å². The highest BCUT2D eigenvalue weighted by Gasteiger charge is 2.32. The molecule has 1 rings (SSSR count). The zero-order chi connectivity index (χ0) is 13.6. The first-order chi connectivity index (χ1) is 8.45. The Bertz CT molecular complexity index is 230. The molecule has 0 aromatic rings. The third-order valence-corrected chi connectivity index (χ3v) is 4.19. The lowest BCUT2D eigenvalue weighted by Gasteiger charge is -2.40. The van der Waals surface area contributed by atoms with Crippen LogP contribution >= 0.6 is 0 Å². The molecule has 0 aliphatic heterocycles. The van der Waals surface area contributed by atoms with Crippen molar-refractivity contribution in [3.8, 4) is 0 Å². The van der Waals surface area contributed by atoms with Crippen LogP contribution in [0, 0.1) is 5.92 Å². The lowest BCUT2D eigenvalue weighted by atomic mass is 9.77. The summed E-state index contributed by atoms with van der Waals surface area (Å²) in [5, 5.41) is 0. The van der Waals surface area contributed by atoms with Crippen LogP contribution in [0.2, 0.25) is 0 Å². The summed E-state index contributed by atoms with van der Waals surface area (Å²) in [5.41, 5.74) is 6.68. The molecule has 3 nitrogen and oxygen atoms in total. The fraction of sp³-hybridized carbons (Fsp3) is 1.00. The van der Waals surface area contributed by atoms with Gasteiger partial charge in [0, 0.05) is 12.1 Å². The maximum absolute atomic E-state index is 6.61. The minimum absolute atomic E-state index is 0.0752. The van der Waals surface area contributed by atoms with Crippen molar-refractivity contribution in [1.29, 1.82) is 0 Å². The third-order valence-electron chi connectivity index (χ3n) is 4.19. The Labute approximate surface area is 114 Å². The molecule has 0 saturated heterocycles. The van der Waals surface area contributed by atoms with E-state index in [9.17, 15) is 0 Å². The molecule has 0 aromatic heterocycles. The van der Waals surface area contributed by atoms with Crippen LogP contribution in [0.5, 0.6) is 0 Å². The Morgan fingerprint density at radius 2 is 2.00 bits per heavy atom. The molecule has 2 N–H and O–H groups in total. The van der Waals surface area contributed by atoms with Gasteiger partial charge in [-0.2, -0.15) is 0 Å². The van der Waals surface area contributed by atoms with Gasteiger partial charge in [0.25, 0.3) is 0 Å². The minimum Gasteiger partial charge on any atom is -0.324 e. The second-order valence-corrected chi connectivity index (χ2v) is 6.59. The zero-order valence-corrected chi connectivity index (χ0v) is 12.9. The second-order valence-electron chi connectivity index (χ2n) is 6.59. The smallest absolute Gasteiger partial charge is 0.0285 e. The molecule has 0 spiro atoms. The molecular formula is C15H33N3. The van der Waals surface area contributed by atoms with E-state index < -0.39 is 0 Å². The molecule has 1 aliphatic rings. The number of rotatable bonds is 7. The van der Waals surface area contributed by atoms with Gasteiger partial charge in [-0.1, -0.05) is 26.7 Å². The SMILES string of the molecule is CCN(CCCN(C)C)CC1(N)CCCC(C)C1. The van der Waals surface area contributed by atoms with Crippen molar-refractivity contribution in [3.05, 3.63) is 0 Å². The maximum atomic E-state index is 6.61. The summed E-state index contributed by atoms with van der Waals surface area (Å²) in [6, 6.07) is 0. The van der Waals surface area contributed by atoms with Gasteiger partial charge >= 0.3 is 0 Å². The highest BCUT2D eigenvalue weighted by molar-refractivity contribution is 4.92. The lowest BCUT2D eigenvalue weighted by Crippen LogP contribution is -2.53. The Morgan fingerprint density at radius 3 is 2.56 bits per heavy atom. The number of hydrogen-bond acceptors (Lipinski definition) is 3. The molecular weight excluding hydrogens is 222 g/mol. The van der Waals surface area contributed by atoms with Crippen LogP contribution in [0.4, 0.5) is 0 Å². The molecule has 1 saturated carbocycles. The van der Waals surface area contributed by atoms with Crippen molar-refractivity contribution in [2.24, 2.45) is 11.7 Å². The molecule has 2 unspecified atom stereocenters. The van der Waals surface area contributed by atoms with Crippen molar-refractivity contribution in [2.45, 2.75) is 51.5 Å². The van der Waals surface area contributed by atoms with E-state index in [4.69, 9.17) is 5.73 Å². The molecule has 0 bridgehead atoms. The summed E-state index contributed by atoms with van der Waals surface area (Å²) >= 11 is 0. The van der Waals surface area contributed by atoms with Gasteiger partial charge < -0.3 is 15.5 Å². The summed E-state index contributed by atoms with van der Waals surface area (Å²) in [6.07, 6.45) is 6.34. The first kappa shape index (κ1) is 15.9. The van der Waals surface area contributed by atoms with Gasteiger partial charge in [0.05, 0.1) is 0 Å². The first-order valence-corrected chi connectivity index (χ1v) is 7.61. The van der Waals surface area contributed by atoms with E-state index in [1.807, 2.05) is 0 Å². The summed E-state index contributed by atoms with van der Waals surface area (Å²) in [5.74, 6) is 0.809. The normalized spacial score (nSPS) is 29.2. The largest absolute Gasteiger partial charge is 0.324 e. The van der Waals surface area contributed by atoms with E-state index in [2.05, 4.69) is 37.7 Å². The summed E-state index contributed by atoms with van der Waals surface area (Å²) in [6.45, 7) is 9.17. The summed E-state index contributed by atoms with van der Waals surface area (Å²) < 4.78 is 0. The van der Waals surface area contributed by atoms with Gasteiger partial charge in [0.2, 0.25) is 0 Å². The molecule has 1 fully saturated rings. The van der Waals surface area contributed by atoms with Crippen molar-refractivity contribution < 1.29 is 0 Å². The predicted octanol–water partition coefficient (Wildman–Crippen LogP) is 2.17. The Balaban J connectivity index is 2.36. The standard InChI is InChI=1S/C15H33N3/c1-5-18(11-7-10-17(3)4)13-15(16)9-6-8-14(2)12-15/h14H,5-13,16H2,1-4H3. The monoisotopic (exact) mass is 255 g/mol. The van der Waals surface area contributed by atoms with Crippen molar-refractivity contribution >= 4 is 0 Å². The predicted molar refractivity (Wildman–Crippen MR) is 79.8 cm³/mol. The van der Waals surface area contributed by atoms with Crippen LogP contribution < -0.4 is 5.73 Å². The van der Waals surface area contributed by atoms with Crippen molar-refractivity contribution in [2.75, 3.05) is 40.3 Å². The topological polar surface area (TPSA) is 32.5 Å². The van der Waals surface area contributed by atoms with Crippen LogP contribution in [0.25, 0.3) is 0 Å². The molecule has 3 heteroatoms. The number of nitrogens with two attached hydrogens (primary N) is 1. The zero-order valence-electron chi connectivity index (χ0n) is 12.9. The quantitative estimate of drug-likeness (QED) is 0.757. The molecule has 0 radical (unpaired) electrons. The fourth-order valence-corrected chi connectivity index (χ4v) is 3.25. The van der Waals surface area contributed by atoms with Crippen LogP contribution in [-0.2, 0) is 0 Å². The van der Waals surface area contributed by atoms with E-state index in [0.717, 1.165) is 19.0 Å². The number of hydrogen-bond donors (Lipinski definition) is 1. The second kappa shape index (κ2) is 7.46. The van der Waals surface area contributed by atoms with Gasteiger partial charge in [0.1, 0.15) is 0 Å². The molecule has 108 valence electrons. The van der Waals surface area contributed by atoms with Gasteiger partial charge in [-0.05, 0) is 58.9 Å². The van der Waals surface area contributed by atoms with Crippen LogP contribution in [0.1, 0.15) is 46.0 Å². The van der Waals surface area contributed by atoms with Gasteiger partial charge in [-0.25, -0.2) is 0 Å². The van der Waals surface area contributed by atoms with E-state index in [1.165, 1.54) is 45.2 Å². The average molecular weight is 255 g/mol. The molecule has 18 heavy (non-hydrogen) atoms. The van der Waals surface area contributed by atoms with E-state index >= 15 is 0 Å². The molecule has 0 heterocycles. The first-order valence-electron chi connectivity index (χ1n) is 7.61. The van der Waals surface area contributed by atoms with Gasteiger partial charge in [0.15, 0.2) is 0 Å². The van der Waals surface area contributed by atoms with Gasteiger partial charge in [-0.15, -0.1) is 0 Å². The highest BCUT2D eigenvalue weighted by Crippen LogP contribution is 2.30. The van der Waals surface area contributed by atoms with Crippen molar-refractivity contribution in [3.63, 3.8) is 0 Å². The van der Waals surface area contributed by atoms with Crippen molar-refractivity contribution in [1.82, 2.24) is 9.80 Å². The average Bonchev–Trinajstić information content (AvgIpc) is 2.26. The Hall–Kier alpha value is -0.120. The Morgan fingerprint density at radius 1 is 1.28 bits per heavy atom. The third kappa shape index (κ3) is 5.68. The summed E-state index contributed by atoms with van der Waals surface area (Å²) in [7, 11) is 4.28. The van der Waals surface area contributed by atoms with E-state index in [1.54, 1.807) is 0 Å². The molecule has 2 atom stereocenters. The van der Waals surface area contributed by atoms with Crippen LogP contribution in [0.15, 0.2) is 0 Å². The molecule has 0 amide bonds. The number of likely N-dealkylation sites (N-methyl/N-ethyl adjacent to an activating group) is 1. The molecule has 1 aliphatic carbocycles. The van der Waals surface area contributed by atoms with Gasteiger partial charge in [-0.3, -0.25) is 0 Å². The minimum atomic E-state index is 0.0752. The number of nitrogens with zero attached hydrogens (tertiary/aromatic N) is 2. The maximum Gasteiger partial charge on any atom is 0.0285 e. The fourth-order valence-electron chi connectivity index (χ4n) is 3.25. The Kier molecular flexibility index (Phi) is 6.61. The van der Waals surface area contributed by atoms with E-state index in [0.29, 0.717) is 0 Å². The summed E-state index contributed by atoms with van der Waals surface area (Å²) in [4.78, 5) is 4.80.